The molecule has 2 aromatic rings. The molecule has 0 heterocycles. The quantitative estimate of drug-likeness (QED) is 0.891. The number of anilines is 1. The van der Waals surface area contributed by atoms with E-state index < -0.39 is 0 Å². The number of hydrogen-bond donors (Lipinski definition) is 1. The monoisotopic (exact) mass is 266 g/mol. The highest BCUT2D eigenvalue weighted by Crippen LogP contribution is 2.24. The second kappa shape index (κ2) is 6.63. The van der Waals surface area contributed by atoms with E-state index in [1.165, 1.54) is 5.56 Å². The SMILES string of the molecule is CCc1ccccc1C(C#N)Nc1ccc(OC)cc1. The van der Waals surface area contributed by atoms with Gasteiger partial charge in [0.15, 0.2) is 0 Å². The number of nitrogens with one attached hydrogen (secondary N) is 1. The summed E-state index contributed by atoms with van der Waals surface area (Å²) in [6.45, 7) is 2.10. The molecule has 3 nitrogen and oxygen atoms in total. The molecule has 0 saturated carbocycles. The highest BCUT2D eigenvalue weighted by molar-refractivity contribution is 5.50. The third-order valence-corrected chi connectivity index (χ3v) is 3.28. The minimum atomic E-state index is -0.348. The molecule has 0 aliphatic rings. The van der Waals surface area contributed by atoms with E-state index in [1.807, 2.05) is 42.5 Å². The van der Waals surface area contributed by atoms with Crippen LogP contribution in [0.1, 0.15) is 24.1 Å². The molecule has 102 valence electrons. The summed E-state index contributed by atoms with van der Waals surface area (Å²) in [7, 11) is 1.64. The minimum Gasteiger partial charge on any atom is -0.497 e. The van der Waals surface area contributed by atoms with Crippen LogP contribution in [0.2, 0.25) is 0 Å². The van der Waals surface area contributed by atoms with Gasteiger partial charge in [0, 0.05) is 5.69 Å². The molecule has 1 N–H and O–H groups in total. The Balaban J connectivity index is 2.22. The number of ether oxygens (including phenoxy) is 1. The molecule has 0 aliphatic heterocycles. The van der Waals surface area contributed by atoms with Crippen LogP contribution in [0.5, 0.6) is 5.75 Å². The van der Waals surface area contributed by atoms with Gasteiger partial charge >= 0.3 is 0 Å². The van der Waals surface area contributed by atoms with Gasteiger partial charge in [0.2, 0.25) is 0 Å². The zero-order chi connectivity index (χ0) is 14.4. The number of hydrogen-bond acceptors (Lipinski definition) is 3. The largest absolute Gasteiger partial charge is 0.497 e. The smallest absolute Gasteiger partial charge is 0.140 e. The maximum absolute atomic E-state index is 9.42. The van der Waals surface area contributed by atoms with Crippen molar-refractivity contribution in [2.75, 3.05) is 12.4 Å². The fraction of sp³-hybridized carbons (Fsp3) is 0.235. The van der Waals surface area contributed by atoms with Gasteiger partial charge in [-0.2, -0.15) is 5.26 Å². The van der Waals surface area contributed by atoms with Crippen LogP contribution in [0.25, 0.3) is 0 Å². The lowest BCUT2D eigenvalue weighted by atomic mass is 9.99. The Morgan fingerprint density at radius 1 is 1.15 bits per heavy atom. The van der Waals surface area contributed by atoms with Gasteiger partial charge in [0.05, 0.1) is 13.2 Å². The van der Waals surface area contributed by atoms with Gasteiger partial charge in [-0.25, -0.2) is 0 Å². The summed E-state index contributed by atoms with van der Waals surface area (Å²) in [4.78, 5) is 0. The molecule has 0 fully saturated rings. The first kappa shape index (κ1) is 14.0. The highest BCUT2D eigenvalue weighted by atomic mass is 16.5. The summed E-state index contributed by atoms with van der Waals surface area (Å²) in [6.07, 6.45) is 0.915. The standard InChI is InChI=1S/C17H18N2O/c1-3-13-6-4-5-7-16(13)17(12-18)19-14-8-10-15(20-2)11-9-14/h4-11,17,19H,3H2,1-2H3. The van der Waals surface area contributed by atoms with Crippen molar-refractivity contribution in [3.05, 3.63) is 59.7 Å². The predicted octanol–water partition coefficient (Wildman–Crippen LogP) is 3.93. The molecule has 1 atom stereocenters. The lowest BCUT2D eigenvalue weighted by Crippen LogP contribution is -2.10. The fourth-order valence-electron chi connectivity index (χ4n) is 2.17. The van der Waals surface area contributed by atoms with Crippen molar-refractivity contribution in [2.24, 2.45) is 0 Å². The maximum Gasteiger partial charge on any atom is 0.140 e. The van der Waals surface area contributed by atoms with Crippen molar-refractivity contribution >= 4 is 5.69 Å². The lowest BCUT2D eigenvalue weighted by molar-refractivity contribution is 0.415. The number of methoxy groups -OCH3 is 1. The van der Waals surface area contributed by atoms with Gasteiger partial charge < -0.3 is 10.1 Å². The summed E-state index contributed by atoms with van der Waals surface area (Å²) in [6, 6.07) is 17.6. The molecule has 0 aromatic heterocycles. The number of nitrogens with zero attached hydrogens (tertiary/aromatic N) is 1. The highest BCUT2D eigenvalue weighted by Gasteiger charge is 2.13. The molecule has 3 heteroatoms. The summed E-state index contributed by atoms with van der Waals surface area (Å²) in [5.74, 6) is 0.804. The summed E-state index contributed by atoms with van der Waals surface area (Å²) in [5, 5.41) is 12.7. The van der Waals surface area contributed by atoms with Crippen LogP contribution in [0.4, 0.5) is 5.69 Å². The first-order valence-electron chi connectivity index (χ1n) is 6.66. The van der Waals surface area contributed by atoms with E-state index in [0.29, 0.717) is 0 Å². The third-order valence-electron chi connectivity index (χ3n) is 3.28. The Kier molecular flexibility index (Phi) is 4.62. The average molecular weight is 266 g/mol. The molecule has 0 bridgehead atoms. The van der Waals surface area contributed by atoms with Gasteiger partial charge in [-0.3, -0.25) is 0 Å². The Bertz CT molecular complexity index is 599. The van der Waals surface area contributed by atoms with Crippen molar-refractivity contribution in [2.45, 2.75) is 19.4 Å². The molecule has 0 aliphatic carbocycles. The average Bonchev–Trinajstić information content (AvgIpc) is 2.53. The number of benzene rings is 2. The predicted molar refractivity (Wildman–Crippen MR) is 80.8 cm³/mol. The van der Waals surface area contributed by atoms with Crippen LogP contribution < -0.4 is 10.1 Å². The first-order valence-corrected chi connectivity index (χ1v) is 6.66. The van der Waals surface area contributed by atoms with E-state index in [2.05, 4.69) is 24.4 Å². The van der Waals surface area contributed by atoms with Crippen LogP contribution in [0.3, 0.4) is 0 Å². The van der Waals surface area contributed by atoms with Crippen molar-refractivity contribution < 1.29 is 4.74 Å². The van der Waals surface area contributed by atoms with E-state index in [0.717, 1.165) is 23.4 Å². The Hall–Kier alpha value is -2.47. The van der Waals surface area contributed by atoms with Crippen LogP contribution >= 0.6 is 0 Å². The summed E-state index contributed by atoms with van der Waals surface area (Å²) >= 11 is 0. The zero-order valence-corrected chi connectivity index (χ0v) is 11.8. The van der Waals surface area contributed by atoms with Crippen molar-refractivity contribution in [3.63, 3.8) is 0 Å². The third kappa shape index (κ3) is 3.10. The summed E-state index contributed by atoms with van der Waals surface area (Å²) < 4.78 is 5.13. The molecule has 0 spiro atoms. The molecule has 2 rings (SSSR count). The van der Waals surface area contributed by atoms with Crippen LogP contribution in [-0.4, -0.2) is 7.11 Å². The normalized spacial score (nSPS) is 11.4. The van der Waals surface area contributed by atoms with Crippen molar-refractivity contribution in [1.29, 1.82) is 5.26 Å². The molecule has 0 amide bonds. The van der Waals surface area contributed by atoms with Crippen LogP contribution in [-0.2, 0) is 6.42 Å². The Morgan fingerprint density at radius 2 is 1.85 bits per heavy atom. The van der Waals surface area contributed by atoms with Crippen LogP contribution in [0, 0.1) is 11.3 Å². The lowest BCUT2D eigenvalue weighted by Gasteiger charge is -2.16. The number of aryl methyl sites for hydroxylation is 1. The van der Waals surface area contributed by atoms with Crippen molar-refractivity contribution in [1.82, 2.24) is 0 Å². The molecule has 20 heavy (non-hydrogen) atoms. The van der Waals surface area contributed by atoms with Gasteiger partial charge in [-0.1, -0.05) is 31.2 Å². The molecule has 2 aromatic carbocycles. The Labute approximate surface area is 119 Å². The number of rotatable bonds is 5. The second-order valence-corrected chi connectivity index (χ2v) is 4.49. The fourth-order valence-corrected chi connectivity index (χ4v) is 2.17. The van der Waals surface area contributed by atoms with E-state index >= 15 is 0 Å². The van der Waals surface area contributed by atoms with E-state index in [4.69, 9.17) is 4.74 Å². The second-order valence-electron chi connectivity index (χ2n) is 4.49. The van der Waals surface area contributed by atoms with E-state index in [-0.39, 0.29) is 6.04 Å². The van der Waals surface area contributed by atoms with Crippen LogP contribution in [0.15, 0.2) is 48.5 Å². The van der Waals surface area contributed by atoms with Crippen molar-refractivity contribution in [3.8, 4) is 11.8 Å². The molecule has 1 unspecified atom stereocenters. The molecular weight excluding hydrogens is 248 g/mol. The van der Waals surface area contributed by atoms with E-state index in [9.17, 15) is 5.26 Å². The van der Waals surface area contributed by atoms with Gasteiger partial charge in [0.25, 0.3) is 0 Å². The number of nitriles is 1. The minimum absolute atomic E-state index is 0.348. The molecule has 0 saturated heterocycles. The topological polar surface area (TPSA) is 45.0 Å². The van der Waals surface area contributed by atoms with Gasteiger partial charge in [-0.05, 0) is 41.8 Å². The Morgan fingerprint density at radius 3 is 2.45 bits per heavy atom. The summed E-state index contributed by atoms with van der Waals surface area (Å²) in [5.41, 5.74) is 3.14. The first-order chi connectivity index (χ1) is 9.78. The maximum atomic E-state index is 9.42. The zero-order valence-electron chi connectivity index (χ0n) is 11.8. The molecular formula is C17H18N2O. The van der Waals surface area contributed by atoms with Gasteiger partial charge in [0.1, 0.15) is 11.8 Å². The van der Waals surface area contributed by atoms with E-state index in [1.54, 1.807) is 7.11 Å². The van der Waals surface area contributed by atoms with Gasteiger partial charge in [-0.15, -0.1) is 0 Å². The molecule has 0 radical (unpaired) electrons.